The lowest BCUT2D eigenvalue weighted by Gasteiger charge is -1.98. The molecule has 0 fully saturated rings. The van der Waals surface area contributed by atoms with Gasteiger partial charge in [-0.3, -0.25) is 0 Å². The Kier molecular flexibility index (Phi) is 2.17. The molecule has 72 valence electrons. The van der Waals surface area contributed by atoms with Crippen LogP contribution in [0.2, 0.25) is 0 Å². The highest BCUT2D eigenvalue weighted by Crippen LogP contribution is 2.29. The predicted octanol–water partition coefficient (Wildman–Crippen LogP) is 2.39. The fraction of sp³-hybridized carbons (Fsp3) is 0. The zero-order valence-electron chi connectivity index (χ0n) is 7.07. The molecule has 1 heterocycles. The number of nitrogen functional groups attached to an aromatic ring is 1. The SMILES string of the molecule is Nc1nc(-c2ccc(Br)c(O)c2)co1. The molecule has 2 aromatic rings. The van der Waals surface area contributed by atoms with Gasteiger partial charge in [0.2, 0.25) is 0 Å². The first kappa shape index (κ1) is 9.08. The molecule has 0 amide bonds. The number of oxazole rings is 1. The monoisotopic (exact) mass is 254 g/mol. The summed E-state index contributed by atoms with van der Waals surface area (Å²) in [6.07, 6.45) is 1.44. The number of halogens is 1. The van der Waals surface area contributed by atoms with Crippen molar-refractivity contribution in [3.8, 4) is 17.0 Å². The van der Waals surface area contributed by atoms with Crippen LogP contribution in [0.1, 0.15) is 0 Å². The molecule has 0 aliphatic heterocycles. The van der Waals surface area contributed by atoms with Crippen LogP contribution in [-0.2, 0) is 0 Å². The minimum Gasteiger partial charge on any atom is -0.507 e. The number of aromatic nitrogens is 1. The fourth-order valence-electron chi connectivity index (χ4n) is 1.09. The summed E-state index contributed by atoms with van der Waals surface area (Å²) in [6.45, 7) is 0. The number of nitrogens with zero attached hydrogens (tertiary/aromatic N) is 1. The highest BCUT2D eigenvalue weighted by atomic mass is 79.9. The van der Waals surface area contributed by atoms with Gasteiger partial charge in [-0.25, -0.2) is 0 Å². The van der Waals surface area contributed by atoms with Crippen molar-refractivity contribution in [2.24, 2.45) is 0 Å². The summed E-state index contributed by atoms with van der Waals surface area (Å²) in [5.41, 5.74) is 6.69. The first-order chi connectivity index (χ1) is 6.66. The number of hydrogen-bond acceptors (Lipinski definition) is 4. The van der Waals surface area contributed by atoms with Gasteiger partial charge in [0, 0.05) is 5.56 Å². The average molecular weight is 255 g/mol. The maximum Gasteiger partial charge on any atom is 0.292 e. The first-order valence-corrected chi connectivity index (χ1v) is 4.66. The van der Waals surface area contributed by atoms with Crippen LogP contribution < -0.4 is 5.73 Å². The second kappa shape index (κ2) is 3.34. The topological polar surface area (TPSA) is 72.3 Å². The van der Waals surface area contributed by atoms with Gasteiger partial charge in [-0.05, 0) is 28.1 Å². The number of anilines is 1. The normalized spacial score (nSPS) is 10.4. The molecule has 0 aliphatic carbocycles. The number of nitrogens with two attached hydrogens (primary N) is 1. The van der Waals surface area contributed by atoms with E-state index in [-0.39, 0.29) is 11.8 Å². The zero-order chi connectivity index (χ0) is 10.1. The van der Waals surface area contributed by atoms with E-state index in [9.17, 15) is 5.11 Å². The average Bonchev–Trinajstić information content (AvgIpc) is 2.57. The van der Waals surface area contributed by atoms with E-state index in [1.807, 2.05) is 0 Å². The molecule has 0 aliphatic rings. The van der Waals surface area contributed by atoms with Crippen molar-refractivity contribution in [3.63, 3.8) is 0 Å². The zero-order valence-corrected chi connectivity index (χ0v) is 8.65. The Bertz CT molecular complexity index is 468. The summed E-state index contributed by atoms with van der Waals surface area (Å²) >= 11 is 3.19. The number of phenolic OH excluding ortho intramolecular Hbond substituents is 1. The minimum absolute atomic E-state index is 0.113. The molecule has 5 heteroatoms. The van der Waals surface area contributed by atoms with Crippen LogP contribution in [0.4, 0.5) is 6.01 Å². The molecule has 0 saturated heterocycles. The van der Waals surface area contributed by atoms with Crippen LogP contribution in [0.15, 0.2) is 33.4 Å². The van der Waals surface area contributed by atoms with Gasteiger partial charge in [-0.15, -0.1) is 0 Å². The molecule has 3 N–H and O–H groups in total. The maximum absolute atomic E-state index is 9.43. The van der Waals surface area contributed by atoms with E-state index in [4.69, 9.17) is 10.2 Å². The molecule has 1 aromatic carbocycles. The quantitative estimate of drug-likeness (QED) is 0.820. The Morgan fingerprint density at radius 3 is 2.79 bits per heavy atom. The highest BCUT2D eigenvalue weighted by Gasteiger charge is 2.06. The smallest absolute Gasteiger partial charge is 0.292 e. The van der Waals surface area contributed by atoms with Crippen molar-refractivity contribution in [2.75, 3.05) is 5.73 Å². The molecule has 0 saturated carbocycles. The van der Waals surface area contributed by atoms with Crippen LogP contribution in [-0.4, -0.2) is 10.1 Å². The summed E-state index contributed by atoms with van der Waals surface area (Å²) in [4.78, 5) is 3.94. The van der Waals surface area contributed by atoms with E-state index in [1.54, 1.807) is 18.2 Å². The first-order valence-electron chi connectivity index (χ1n) is 3.87. The molecule has 4 nitrogen and oxygen atoms in total. The fourth-order valence-corrected chi connectivity index (χ4v) is 1.34. The molecule has 14 heavy (non-hydrogen) atoms. The van der Waals surface area contributed by atoms with Crippen molar-refractivity contribution in [1.82, 2.24) is 4.98 Å². The summed E-state index contributed by atoms with van der Waals surface area (Å²) in [7, 11) is 0. The van der Waals surface area contributed by atoms with Crippen LogP contribution in [0, 0.1) is 0 Å². The summed E-state index contributed by atoms with van der Waals surface area (Å²) in [5, 5.41) is 9.43. The molecular formula is C9H7BrN2O2. The standard InChI is InChI=1S/C9H7BrN2O2/c10-6-2-1-5(3-8(6)13)7-4-14-9(11)12-7/h1-4,13H,(H2,11,12). The maximum atomic E-state index is 9.43. The largest absolute Gasteiger partial charge is 0.507 e. The van der Waals surface area contributed by atoms with E-state index in [0.29, 0.717) is 10.2 Å². The van der Waals surface area contributed by atoms with Gasteiger partial charge in [-0.2, -0.15) is 4.98 Å². The molecule has 0 atom stereocenters. The number of rotatable bonds is 1. The highest BCUT2D eigenvalue weighted by molar-refractivity contribution is 9.10. The number of phenols is 1. The van der Waals surface area contributed by atoms with E-state index >= 15 is 0 Å². The van der Waals surface area contributed by atoms with Crippen LogP contribution in [0.25, 0.3) is 11.3 Å². The number of benzene rings is 1. The second-order valence-electron chi connectivity index (χ2n) is 2.74. The van der Waals surface area contributed by atoms with Gasteiger partial charge in [0.05, 0.1) is 4.47 Å². The predicted molar refractivity (Wildman–Crippen MR) is 55.7 cm³/mol. The lowest BCUT2D eigenvalue weighted by atomic mass is 10.2. The Labute approximate surface area is 88.5 Å². The third kappa shape index (κ3) is 1.58. The van der Waals surface area contributed by atoms with Crippen molar-refractivity contribution < 1.29 is 9.52 Å². The van der Waals surface area contributed by atoms with Crippen molar-refractivity contribution >= 4 is 21.9 Å². The van der Waals surface area contributed by atoms with Gasteiger partial charge < -0.3 is 15.3 Å². The Hall–Kier alpha value is -1.49. The van der Waals surface area contributed by atoms with Crippen molar-refractivity contribution in [3.05, 3.63) is 28.9 Å². The van der Waals surface area contributed by atoms with Gasteiger partial charge in [0.15, 0.2) is 0 Å². The molecule has 0 radical (unpaired) electrons. The summed E-state index contributed by atoms with van der Waals surface area (Å²) in [5.74, 6) is 0.157. The van der Waals surface area contributed by atoms with E-state index in [1.165, 1.54) is 6.26 Å². The molecule has 0 unspecified atom stereocenters. The Morgan fingerprint density at radius 2 is 2.21 bits per heavy atom. The lowest BCUT2D eigenvalue weighted by molar-refractivity contribution is 0.472. The van der Waals surface area contributed by atoms with E-state index in [0.717, 1.165) is 5.56 Å². The lowest BCUT2D eigenvalue weighted by Crippen LogP contribution is -1.83. The van der Waals surface area contributed by atoms with Crippen LogP contribution in [0.3, 0.4) is 0 Å². The Balaban J connectivity index is 2.47. The molecule has 0 bridgehead atoms. The van der Waals surface area contributed by atoms with Crippen LogP contribution >= 0.6 is 15.9 Å². The summed E-state index contributed by atoms with van der Waals surface area (Å²) in [6, 6.07) is 5.24. The van der Waals surface area contributed by atoms with E-state index < -0.39 is 0 Å². The molecule has 1 aromatic heterocycles. The third-order valence-corrected chi connectivity index (χ3v) is 2.43. The van der Waals surface area contributed by atoms with Gasteiger partial charge >= 0.3 is 0 Å². The minimum atomic E-state index is 0.113. The van der Waals surface area contributed by atoms with Crippen molar-refractivity contribution in [2.45, 2.75) is 0 Å². The van der Waals surface area contributed by atoms with Gasteiger partial charge in [0.1, 0.15) is 17.7 Å². The van der Waals surface area contributed by atoms with E-state index in [2.05, 4.69) is 20.9 Å². The third-order valence-electron chi connectivity index (χ3n) is 1.76. The second-order valence-corrected chi connectivity index (χ2v) is 3.59. The molecule has 0 spiro atoms. The summed E-state index contributed by atoms with van der Waals surface area (Å²) < 4.78 is 5.50. The number of hydrogen-bond donors (Lipinski definition) is 2. The van der Waals surface area contributed by atoms with Crippen LogP contribution in [0.5, 0.6) is 5.75 Å². The molecular weight excluding hydrogens is 248 g/mol. The van der Waals surface area contributed by atoms with Gasteiger partial charge in [-0.1, -0.05) is 6.07 Å². The molecule has 2 rings (SSSR count). The Morgan fingerprint density at radius 1 is 1.43 bits per heavy atom. The van der Waals surface area contributed by atoms with Gasteiger partial charge in [0.25, 0.3) is 6.01 Å². The number of aromatic hydroxyl groups is 1. The van der Waals surface area contributed by atoms with Crippen molar-refractivity contribution in [1.29, 1.82) is 0 Å².